The summed E-state index contributed by atoms with van der Waals surface area (Å²) in [5.74, 6) is -0.145. The topological polar surface area (TPSA) is 56.0 Å². The van der Waals surface area contributed by atoms with Crippen molar-refractivity contribution in [3.05, 3.63) is 34.5 Å². The van der Waals surface area contributed by atoms with Gasteiger partial charge in [-0.25, -0.2) is 12.1 Å². The molecule has 5 heteroatoms. The molecule has 0 saturated carbocycles. The van der Waals surface area contributed by atoms with Crippen LogP contribution in [0.5, 0.6) is 0 Å². The first kappa shape index (κ1) is 10.2. The average Bonchev–Trinajstić information content (AvgIpc) is 1.90. The van der Waals surface area contributed by atoms with Crippen LogP contribution in [0.15, 0.2) is 18.3 Å². The SMILES string of the molecule is O=[N+]([O-])c1cc[c-]cn1.[K+]. The predicted octanol–water partition coefficient (Wildman–Crippen LogP) is -2.21. The van der Waals surface area contributed by atoms with Crippen LogP contribution in [0.4, 0.5) is 5.82 Å². The first-order chi connectivity index (χ1) is 4.30. The fraction of sp³-hybridized carbons (Fsp3) is 0. The molecule has 1 heterocycles. The van der Waals surface area contributed by atoms with Crippen LogP contribution in [-0.4, -0.2) is 9.91 Å². The van der Waals surface area contributed by atoms with Gasteiger partial charge in [0, 0.05) is 6.20 Å². The third-order valence-electron chi connectivity index (χ3n) is 0.787. The van der Waals surface area contributed by atoms with Crippen molar-refractivity contribution in [1.29, 1.82) is 0 Å². The number of hydrogen-bond acceptors (Lipinski definition) is 3. The maximum atomic E-state index is 9.93. The van der Waals surface area contributed by atoms with Crippen LogP contribution in [0.1, 0.15) is 0 Å². The number of rotatable bonds is 1. The minimum Gasteiger partial charge on any atom is -0.359 e. The van der Waals surface area contributed by atoms with Crippen molar-refractivity contribution in [3.63, 3.8) is 0 Å². The van der Waals surface area contributed by atoms with Gasteiger partial charge in [0.15, 0.2) is 0 Å². The van der Waals surface area contributed by atoms with E-state index in [2.05, 4.69) is 11.1 Å². The molecule has 1 aromatic heterocycles. The van der Waals surface area contributed by atoms with E-state index < -0.39 is 4.92 Å². The molecule has 0 unspecified atom stereocenters. The zero-order valence-electron chi connectivity index (χ0n) is 5.44. The standard InChI is InChI=1S/C5H3N2O2.K/c8-7(9)5-3-1-2-4-6-5;/h1,3-4H;/q-1;+1. The second-order valence-corrected chi connectivity index (χ2v) is 1.37. The molecule has 1 rings (SSSR count). The van der Waals surface area contributed by atoms with Crippen molar-refractivity contribution < 1.29 is 56.3 Å². The van der Waals surface area contributed by atoms with Crippen molar-refractivity contribution in [2.45, 2.75) is 0 Å². The quantitative estimate of drug-likeness (QED) is 0.204. The average molecular weight is 162 g/mol. The summed E-state index contributed by atoms with van der Waals surface area (Å²) in [5, 5.41) is 9.93. The fourth-order valence-electron chi connectivity index (χ4n) is 0.420. The van der Waals surface area contributed by atoms with Gasteiger partial charge in [0.05, 0.1) is 0 Å². The summed E-state index contributed by atoms with van der Waals surface area (Å²) in [7, 11) is 0. The molecule has 0 spiro atoms. The Morgan fingerprint density at radius 3 is 2.70 bits per heavy atom. The van der Waals surface area contributed by atoms with Crippen molar-refractivity contribution in [1.82, 2.24) is 4.98 Å². The van der Waals surface area contributed by atoms with Crippen LogP contribution in [0.3, 0.4) is 0 Å². The Hall–Kier alpha value is 0.186. The van der Waals surface area contributed by atoms with Gasteiger partial charge in [-0.3, -0.25) is 0 Å². The molecule has 0 saturated heterocycles. The molecule has 0 aliphatic heterocycles. The summed E-state index contributed by atoms with van der Waals surface area (Å²) in [4.78, 5) is 12.8. The van der Waals surface area contributed by atoms with Crippen LogP contribution in [0, 0.1) is 16.2 Å². The van der Waals surface area contributed by atoms with E-state index in [1.165, 1.54) is 18.3 Å². The second kappa shape index (κ2) is 4.92. The van der Waals surface area contributed by atoms with Crippen molar-refractivity contribution >= 4 is 5.82 Å². The summed E-state index contributed by atoms with van der Waals surface area (Å²) in [6.07, 6.45) is 1.26. The Morgan fingerprint density at radius 2 is 2.40 bits per heavy atom. The Bertz CT molecular complexity index is 214. The number of nitro groups is 1. The van der Waals surface area contributed by atoms with Crippen molar-refractivity contribution in [2.24, 2.45) is 0 Å². The first-order valence-corrected chi connectivity index (χ1v) is 2.27. The van der Waals surface area contributed by atoms with E-state index >= 15 is 0 Å². The minimum absolute atomic E-state index is 0. The van der Waals surface area contributed by atoms with Gasteiger partial charge < -0.3 is 10.1 Å². The minimum atomic E-state index is -0.548. The summed E-state index contributed by atoms with van der Waals surface area (Å²) in [5.41, 5.74) is 0. The monoisotopic (exact) mass is 162 g/mol. The van der Waals surface area contributed by atoms with Crippen LogP contribution < -0.4 is 51.4 Å². The molecule has 0 amide bonds. The Balaban J connectivity index is 0.000000810. The smallest absolute Gasteiger partial charge is 0.359 e. The normalized spacial score (nSPS) is 8.00. The molecule has 0 aromatic carbocycles. The van der Waals surface area contributed by atoms with Crippen molar-refractivity contribution in [2.75, 3.05) is 0 Å². The van der Waals surface area contributed by atoms with Gasteiger partial charge >= 0.3 is 51.4 Å². The third-order valence-corrected chi connectivity index (χ3v) is 0.787. The van der Waals surface area contributed by atoms with Gasteiger partial charge in [-0.15, -0.1) is 6.07 Å². The van der Waals surface area contributed by atoms with Crippen LogP contribution in [-0.2, 0) is 0 Å². The van der Waals surface area contributed by atoms with E-state index in [1.54, 1.807) is 0 Å². The summed E-state index contributed by atoms with van der Waals surface area (Å²) < 4.78 is 0. The van der Waals surface area contributed by atoms with Gasteiger partial charge in [0.1, 0.15) is 0 Å². The Morgan fingerprint density at radius 1 is 1.70 bits per heavy atom. The van der Waals surface area contributed by atoms with E-state index in [0.29, 0.717) is 0 Å². The van der Waals surface area contributed by atoms with Crippen LogP contribution in [0.25, 0.3) is 0 Å². The number of aromatic nitrogens is 1. The third kappa shape index (κ3) is 2.85. The van der Waals surface area contributed by atoms with E-state index in [1.807, 2.05) is 0 Å². The molecule has 46 valence electrons. The second-order valence-electron chi connectivity index (χ2n) is 1.37. The molecule has 0 radical (unpaired) electrons. The summed E-state index contributed by atoms with van der Waals surface area (Å²) in [6.45, 7) is 0. The molecular weight excluding hydrogens is 159 g/mol. The largest absolute Gasteiger partial charge is 1.00 e. The summed E-state index contributed by atoms with van der Waals surface area (Å²) in [6, 6.07) is 5.31. The maximum absolute atomic E-state index is 9.93. The molecule has 0 aliphatic rings. The zero-order chi connectivity index (χ0) is 6.69. The van der Waals surface area contributed by atoms with E-state index in [4.69, 9.17) is 0 Å². The first-order valence-electron chi connectivity index (χ1n) is 2.27. The molecule has 0 aliphatic carbocycles. The van der Waals surface area contributed by atoms with E-state index in [-0.39, 0.29) is 57.2 Å². The molecule has 10 heavy (non-hydrogen) atoms. The van der Waals surface area contributed by atoms with Crippen LogP contribution >= 0.6 is 0 Å². The van der Waals surface area contributed by atoms with Gasteiger partial charge in [0.2, 0.25) is 0 Å². The molecular formula is C5H3KN2O2. The molecule has 4 nitrogen and oxygen atoms in total. The number of pyridine rings is 1. The number of nitrogens with zero attached hydrogens (tertiary/aromatic N) is 2. The van der Waals surface area contributed by atoms with Gasteiger partial charge in [0.25, 0.3) is 5.82 Å². The Labute approximate surface area is 100 Å². The van der Waals surface area contributed by atoms with Gasteiger partial charge in [-0.05, 0) is 4.92 Å². The zero-order valence-corrected chi connectivity index (χ0v) is 8.57. The van der Waals surface area contributed by atoms with E-state index in [0.717, 1.165) is 0 Å². The maximum Gasteiger partial charge on any atom is 1.00 e. The molecule has 0 N–H and O–H groups in total. The van der Waals surface area contributed by atoms with E-state index in [9.17, 15) is 10.1 Å². The Kier molecular flexibility index (Phi) is 5.01. The van der Waals surface area contributed by atoms with Crippen LogP contribution in [0.2, 0.25) is 0 Å². The predicted molar refractivity (Wildman–Crippen MR) is 29.7 cm³/mol. The molecule has 0 atom stereocenters. The van der Waals surface area contributed by atoms with Crippen molar-refractivity contribution in [3.8, 4) is 0 Å². The molecule has 0 fully saturated rings. The van der Waals surface area contributed by atoms with Gasteiger partial charge in [-0.2, -0.15) is 0 Å². The molecule has 1 aromatic rings. The summed E-state index contributed by atoms with van der Waals surface area (Å²) >= 11 is 0. The molecule has 0 bridgehead atoms. The van der Waals surface area contributed by atoms with Gasteiger partial charge in [-0.1, -0.05) is 4.98 Å². The fourth-order valence-corrected chi connectivity index (χ4v) is 0.420. The number of hydrogen-bond donors (Lipinski definition) is 0.